The largest absolute Gasteiger partial charge is 0.332 e. The summed E-state index contributed by atoms with van der Waals surface area (Å²) in [5.74, 6) is -0.908. The van der Waals surface area contributed by atoms with Crippen LogP contribution in [0.5, 0.6) is 0 Å². The number of nitrogens with two attached hydrogens (primary N) is 1. The standard InChI is InChI=1S/C17H13Cl2FN2O2/c18-11-5-12(19)7-14(6-11)22-16(23)8-15(17(22)24)21-9-10-1-3-13(20)4-2-10/h1-7,15,21H,8-9H2/p+1/t15-/m1/s1. The summed E-state index contributed by atoms with van der Waals surface area (Å²) in [6.07, 6.45) is 0.101. The molecule has 0 saturated carbocycles. The highest BCUT2D eigenvalue weighted by molar-refractivity contribution is 6.35. The van der Waals surface area contributed by atoms with Crippen LogP contribution in [-0.2, 0) is 16.1 Å². The summed E-state index contributed by atoms with van der Waals surface area (Å²) in [6, 6.07) is 10.1. The van der Waals surface area contributed by atoms with Crippen molar-refractivity contribution >= 4 is 40.7 Å². The molecule has 0 unspecified atom stereocenters. The van der Waals surface area contributed by atoms with E-state index >= 15 is 0 Å². The fourth-order valence-electron chi connectivity index (χ4n) is 2.68. The Morgan fingerprint density at radius 3 is 2.33 bits per heavy atom. The highest BCUT2D eigenvalue weighted by Gasteiger charge is 2.42. The molecular weight excluding hydrogens is 354 g/mol. The molecule has 0 aromatic heterocycles. The van der Waals surface area contributed by atoms with E-state index in [1.54, 1.807) is 17.4 Å². The van der Waals surface area contributed by atoms with Crippen molar-refractivity contribution < 1.29 is 19.3 Å². The summed E-state index contributed by atoms with van der Waals surface area (Å²) in [7, 11) is 0. The van der Waals surface area contributed by atoms with Gasteiger partial charge < -0.3 is 5.32 Å². The van der Waals surface area contributed by atoms with Crippen LogP contribution in [0.3, 0.4) is 0 Å². The first-order valence-electron chi connectivity index (χ1n) is 7.35. The van der Waals surface area contributed by atoms with E-state index in [0.29, 0.717) is 22.3 Å². The van der Waals surface area contributed by atoms with E-state index in [1.807, 2.05) is 0 Å². The summed E-state index contributed by atoms with van der Waals surface area (Å²) in [5, 5.41) is 2.49. The zero-order valence-corrected chi connectivity index (χ0v) is 14.0. The number of carbonyl (C=O) groups excluding carboxylic acids is 2. The van der Waals surface area contributed by atoms with Crippen molar-refractivity contribution in [3.8, 4) is 0 Å². The van der Waals surface area contributed by atoms with Crippen molar-refractivity contribution in [2.24, 2.45) is 0 Å². The number of nitrogens with zero attached hydrogens (tertiary/aromatic N) is 1. The number of anilines is 1. The number of hydrogen-bond acceptors (Lipinski definition) is 2. The Hall–Kier alpha value is -1.95. The molecule has 2 aromatic carbocycles. The van der Waals surface area contributed by atoms with Gasteiger partial charge in [-0.15, -0.1) is 0 Å². The molecule has 3 rings (SSSR count). The number of rotatable bonds is 4. The van der Waals surface area contributed by atoms with Crippen LogP contribution in [0.25, 0.3) is 0 Å². The molecule has 0 spiro atoms. The van der Waals surface area contributed by atoms with Gasteiger partial charge in [0.1, 0.15) is 12.4 Å². The van der Waals surface area contributed by atoms with Gasteiger partial charge in [-0.25, -0.2) is 9.29 Å². The van der Waals surface area contributed by atoms with Gasteiger partial charge in [-0.05, 0) is 30.3 Å². The zero-order chi connectivity index (χ0) is 17.3. The number of hydrogen-bond donors (Lipinski definition) is 1. The maximum atomic E-state index is 12.9. The van der Waals surface area contributed by atoms with Gasteiger partial charge in [0.15, 0.2) is 6.04 Å². The Bertz CT molecular complexity index is 775. The van der Waals surface area contributed by atoms with Crippen LogP contribution in [-0.4, -0.2) is 17.9 Å². The first-order valence-corrected chi connectivity index (χ1v) is 8.10. The molecule has 2 N–H and O–H groups in total. The second-order valence-electron chi connectivity index (χ2n) is 5.57. The second-order valence-corrected chi connectivity index (χ2v) is 6.44. The van der Waals surface area contributed by atoms with E-state index in [4.69, 9.17) is 23.2 Å². The van der Waals surface area contributed by atoms with Gasteiger partial charge in [0.2, 0.25) is 5.91 Å². The van der Waals surface area contributed by atoms with Crippen LogP contribution in [0, 0.1) is 5.82 Å². The van der Waals surface area contributed by atoms with Crippen LogP contribution in [0.1, 0.15) is 12.0 Å². The molecule has 2 aromatic rings. The number of halogens is 3. The van der Waals surface area contributed by atoms with Gasteiger partial charge >= 0.3 is 0 Å². The maximum Gasteiger partial charge on any atom is 0.292 e. The number of quaternary nitrogens is 1. The van der Waals surface area contributed by atoms with Crippen molar-refractivity contribution in [1.82, 2.24) is 0 Å². The lowest BCUT2D eigenvalue weighted by Crippen LogP contribution is -2.90. The van der Waals surface area contributed by atoms with Gasteiger partial charge in [-0.2, -0.15) is 0 Å². The average Bonchev–Trinajstić information content (AvgIpc) is 2.80. The highest BCUT2D eigenvalue weighted by Crippen LogP contribution is 2.28. The molecule has 1 aliphatic rings. The predicted molar refractivity (Wildman–Crippen MR) is 89.4 cm³/mol. The molecule has 1 atom stereocenters. The lowest BCUT2D eigenvalue weighted by Gasteiger charge is -2.15. The molecule has 4 nitrogen and oxygen atoms in total. The summed E-state index contributed by atoms with van der Waals surface area (Å²) in [5.41, 5.74) is 1.25. The number of carbonyl (C=O) groups is 2. The van der Waals surface area contributed by atoms with Crippen molar-refractivity contribution in [2.75, 3.05) is 4.90 Å². The summed E-state index contributed by atoms with van der Waals surface area (Å²) >= 11 is 11.9. The van der Waals surface area contributed by atoms with Crippen LogP contribution in [0.4, 0.5) is 10.1 Å². The van der Waals surface area contributed by atoms with Crippen LogP contribution in [0.15, 0.2) is 42.5 Å². The molecule has 7 heteroatoms. The number of imide groups is 1. The molecule has 1 fully saturated rings. The molecule has 124 valence electrons. The van der Waals surface area contributed by atoms with E-state index < -0.39 is 6.04 Å². The molecule has 24 heavy (non-hydrogen) atoms. The van der Waals surface area contributed by atoms with Crippen LogP contribution < -0.4 is 10.2 Å². The van der Waals surface area contributed by atoms with E-state index in [2.05, 4.69) is 0 Å². The molecule has 1 heterocycles. The Kier molecular flexibility index (Phi) is 4.85. The lowest BCUT2D eigenvalue weighted by atomic mass is 10.2. The fourth-order valence-corrected chi connectivity index (χ4v) is 3.19. The quantitative estimate of drug-likeness (QED) is 0.844. The summed E-state index contributed by atoms with van der Waals surface area (Å²) < 4.78 is 12.9. The minimum absolute atomic E-state index is 0.101. The first-order chi connectivity index (χ1) is 11.4. The Balaban J connectivity index is 1.72. The van der Waals surface area contributed by atoms with Crippen LogP contribution >= 0.6 is 23.2 Å². The van der Waals surface area contributed by atoms with Crippen molar-refractivity contribution in [3.63, 3.8) is 0 Å². The number of benzene rings is 2. The molecular formula is C17H14Cl2FN2O2+. The molecule has 1 aliphatic heterocycles. The molecule has 0 aliphatic carbocycles. The molecule has 2 amide bonds. The van der Waals surface area contributed by atoms with Crippen molar-refractivity contribution in [1.29, 1.82) is 0 Å². The zero-order valence-electron chi connectivity index (χ0n) is 12.5. The fraction of sp³-hybridized carbons (Fsp3) is 0.176. The minimum atomic E-state index is -0.514. The second kappa shape index (κ2) is 6.89. The molecule has 0 bridgehead atoms. The van der Waals surface area contributed by atoms with E-state index in [9.17, 15) is 14.0 Å². The third-order valence-corrected chi connectivity index (χ3v) is 4.27. The van der Waals surface area contributed by atoms with Crippen molar-refractivity contribution in [3.05, 3.63) is 63.9 Å². The lowest BCUT2D eigenvalue weighted by molar-refractivity contribution is -0.690. The van der Waals surface area contributed by atoms with Gasteiger partial charge in [0.05, 0.1) is 12.1 Å². The maximum absolute atomic E-state index is 12.9. The van der Waals surface area contributed by atoms with Gasteiger partial charge in [-0.1, -0.05) is 35.3 Å². The summed E-state index contributed by atoms with van der Waals surface area (Å²) in [6.45, 7) is 0.480. The van der Waals surface area contributed by atoms with E-state index in [-0.39, 0.29) is 24.1 Å². The summed E-state index contributed by atoms with van der Waals surface area (Å²) in [4.78, 5) is 25.9. The van der Waals surface area contributed by atoms with Gasteiger partial charge in [-0.3, -0.25) is 9.59 Å². The third-order valence-electron chi connectivity index (χ3n) is 3.84. The average molecular weight is 368 g/mol. The van der Waals surface area contributed by atoms with E-state index in [0.717, 1.165) is 10.5 Å². The smallest absolute Gasteiger partial charge is 0.292 e. The van der Waals surface area contributed by atoms with E-state index in [1.165, 1.54) is 30.3 Å². The number of amides is 2. The monoisotopic (exact) mass is 367 g/mol. The first kappa shape index (κ1) is 16.9. The SMILES string of the molecule is O=C1C[C@@H]([NH2+]Cc2ccc(F)cc2)C(=O)N1c1cc(Cl)cc(Cl)c1. The van der Waals surface area contributed by atoms with Crippen molar-refractivity contribution in [2.45, 2.75) is 19.0 Å². The predicted octanol–water partition coefficient (Wildman–Crippen LogP) is 2.53. The van der Waals surface area contributed by atoms with Gasteiger partial charge in [0.25, 0.3) is 5.91 Å². The third kappa shape index (κ3) is 3.59. The Morgan fingerprint density at radius 2 is 1.71 bits per heavy atom. The minimum Gasteiger partial charge on any atom is -0.332 e. The molecule has 0 radical (unpaired) electrons. The van der Waals surface area contributed by atoms with Gasteiger partial charge in [0, 0.05) is 15.6 Å². The Morgan fingerprint density at radius 1 is 1.08 bits per heavy atom. The van der Waals surface area contributed by atoms with Crippen LogP contribution in [0.2, 0.25) is 10.0 Å². The highest BCUT2D eigenvalue weighted by atomic mass is 35.5. The topological polar surface area (TPSA) is 54.0 Å². The normalized spacial score (nSPS) is 17.6. The molecule has 1 saturated heterocycles. The Labute approximate surface area is 148 Å².